The molecule has 0 bridgehead atoms. The molecule has 130 valence electrons. The van der Waals surface area contributed by atoms with Crippen LogP contribution in [0.15, 0.2) is 24.3 Å². The zero-order valence-electron chi connectivity index (χ0n) is 13.7. The van der Waals surface area contributed by atoms with E-state index in [0.29, 0.717) is 17.5 Å². The lowest BCUT2D eigenvalue weighted by Crippen LogP contribution is -2.17. The molecule has 2 rings (SSSR count). The Bertz CT molecular complexity index is 733. The Hall–Kier alpha value is -2.57. The molecule has 0 saturated heterocycles. The van der Waals surface area contributed by atoms with E-state index < -0.39 is 12.1 Å². The molecule has 1 N–H and O–H groups in total. The minimum absolute atomic E-state index is 0.131. The largest absolute Gasteiger partial charge is 0.573 e. The van der Waals surface area contributed by atoms with Gasteiger partial charge in [-0.25, -0.2) is 0 Å². The average Bonchev–Trinajstić information content (AvgIpc) is 2.84. The van der Waals surface area contributed by atoms with Crippen LogP contribution in [0, 0.1) is 6.92 Å². The second-order valence-corrected chi connectivity index (χ2v) is 4.66. The van der Waals surface area contributed by atoms with Crippen LogP contribution in [0.4, 0.5) is 13.2 Å². The van der Waals surface area contributed by atoms with E-state index in [-0.39, 0.29) is 22.6 Å². The van der Waals surface area contributed by atoms with E-state index >= 15 is 0 Å². The quantitative estimate of drug-likeness (QED) is 0.633. The zero-order chi connectivity index (χ0) is 18.5. The third-order valence-corrected chi connectivity index (χ3v) is 3.04. The fraction of sp³-hybridized carbons (Fsp3) is 0.294. The summed E-state index contributed by atoms with van der Waals surface area (Å²) in [4.78, 5) is 25.7. The highest BCUT2D eigenvalue weighted by molar-refractivity contribution is 6.06. The molecule has 2 aromatic rings. The number of Topliss-reactive ketones (excluding diaryl/α,β-unsaturated/α-hetero) is 1. The Balaban J connectivity index is 0.00000139. The fourth-order valence-corrected chi connectivity index (χ4v) is 2.33. The summed E-state index contributed by atoms with van der Waals surface area (Å²) >= 11 is 0. The monoisotopic (exact) mass is 341 g/mol. The van der Waals surface area contributed by atoms with Crippen LogP contribution in [0.2, 0.25) is 0 Å². The molecule has 1 heterocycles. The Morgan fingerprint density at radius 3 is 2.38 bits per heavy atom. The minimum atomic E-state index is -4.82. The summed E-state index contributed by atoms with van der Waals surface area (Å²) in [5.41, 5.74) is 1.44. The molecule has 0 spiro atoms. The SMILES string of the molecule is CC.CC(=O)c1c(C)[nH]c(C=O)c1-c1cccc(OC(F)(F)F)c1. The first-order valence-electron chi connectivity index (χ1n) is 7.28. The topological polar surface area (TPSA) is 59.2 Å². The van der Waals surface area contributed by atoms with Crippen molar-refractivity contribution < 1.29 is 27.5 Å². The van der Waals surface area contributed by atoms with E-state index in [0.717, 1.165) is 12.1 Å². The second-order valence-electron chi connectivity index (χ2n) is 4.66. The zero-order valence-corrected chi connectivity index (χ0v) is 13.7. The predicted octanol–water partition coefficient (Wildman–Crippen LogP) is 4.93. The van der Waals surface area contributed by atoms with Gasteiger partial charge in [0.25, 0.3) is 0 Å². The number of alkyl halides is 3. The van der Waals surface area contributed by atoms with Gasteiger partial charge in [0.15, 0.2) is 12.1 Å². The van der Waals surface area contributed by atoms with Crippen LogP contribution in [0.25, 0.3) is 11.1 Å². The van der Waals surface area contributed by atoms with Crippen molar-refractivity contribution in [1.82, 2.24) is 4.98 Å². The van der Waals surface area contributed by atoms with Crippen molar-refractivity contribution in [3.63, 3.8) is 0 Å². The lowest BCUT2D eigenvalue weighted by atomic mass is 9.98. The van der Waals surface area contributed by atoms with Gasteiger partial charge in [-0.3, -0.25) is 9.59 Å². The van der Waals surface area contributed by atoms with Crippen LogP contribution in [-0.4, -0.2) is 23.4 Å². The van der Waals surface area contributed by atoms with E-state index in [1.807, 2.05) is 13.8 Å². The second kappa shape index (κ2) is 7.81. The van der Waals surface area contributed by atoms with Crippen LogP contribution >= 0.6 is 0 Å². The number of ketones is 1. The van der Waals surface area contributed by atoms with Gasteiger partial charge in [0.1, 0.15) is 5.75 Å². The van der Waals surface area contributed by atoms with Gasteiger partial charge in [0.2, 0.25) is 0 Å². The van der Waals surface area contributed by atoms with Crippen molar-refractivity contribution in [1.29, 1.82) is 0 Å². The van der Waals surface area contributed by atoms with Crippen LogP contribution < -0.4 is 4.74 Å². The van der Waals surface area contributed by atoms with Crippen molar-refractivity contribution >= 4 is 12.1 Å². The number of aryl methyl sites for hydroxylation is 1. The molecule has 0 amide bonds. The van der Waals surface area contributed by atoms with Gasteiger partial charge in [-0.15, -0.1) is 13.2 Å². The van der Waals surface area contributed by atoms with Crippen LogP contribution in [0.3, 0.4) is 0 Å². The Labute approximate surface area is 137 Å². The number of halogens is 3. The lowest BCUT2D eigenvalue weighted by molar-refractivity contribution is -0.274. The Morgan fingerprint density at radius 1 is 1.25 bits per heavy atom. The predicted molar refractivity (Wildman–Crippen MR) is 84.4 cm³/mol. The molecule has 7 heteroatoms. The summed E-state index contributed by atoms with van der Waals surface area (Å²) in [6.07, 6.45) is -4.30. The number of hydrogen-bond donors (Lipinski definition) is 1. The van der Waals surface area contributed by atoms with Gasteiger partial charge in [-0.1, -0.05) is 26.0 Å². The van der Waals surface area contributed by atoms with Crippen molar-refractivity contribution in [3.8, 4) is 16.9 Å². The summed E-state index contributed by atoms with van der Waals surface area (Å²) in [5, 5.41) is 0. The molecule has 24 heavy (non-hydrogen) atoms. The van der Waals surface area contributed by atoms with Gasteiger partial charge in [0.05, 0.1) is 5.69 Å². The Morgan fingerprint density at radius 2 is 1.88 bits per heavy atom. The molecular formula is C17H18F3NO3. The summed E-state index contributed by atoms with van der Waals surface area (Å²) in [7, 11) is 0. The first-order chi connectivity index (χ1) is 11.2. The molecule has 0 aliphatic heterocycles. The third kappa shape index (κ3) is 4.47. The normalized spacial score (nSPS) is 10.6. The van der Waals surface area contributed by atoms with Gasteiger partial charge in [-0.2, -0.15) is 0 Å². The molecule has 0 aliphatic carbocycles. The number of nitrogens with one attached hydrogen (secondary N) is 1. The summed E-state index contributed by atoms with van der Waals surface area (Å²) in [6.45, 7) is 6.94. The number of carbonyl (C=O) groups excluding carboxylic acids is 2. The van der Waals surface area contributed by atoms with E-state index in [4.69, 9.17) is 0 Å². The number of aromatic nitrogens is 1. The van der Waals surface area contributed by atoms with Crippen molar-refractivity contribution in [3.05, 3.63) is 41.2 Å². The number of benzene rings is 1. The number of rotatable bonds is 4. The molecule has 1 aromatic carbocycles. The molecule has 4 nitrogen and oxygen atoms in total. The molecule has 0 radical (unpaired) electrons. The summed E-state index contributed by atoms with van der Waals surface area (Å²) < 4.78 is 40.7. The maximum Gasteiger partial charge on any atom is 0.573 e. The third-order valence-electron chi connectivity index (χ3n) is 3.04. The smallest absolute Gasteiger partial charge is 0.406 e. The molecule has 0 fully saturated rings. The number of aldehydes is 1. The molecule has 0 unspecified atom stereocenters. The molecule has 1 aromatic heterocycles. The Kier molecular flexibility index (Phi) is 6.34. The number of hydrogen-bond acceptors (Lipinski definition) is 3. The van der Waals surface area contributed by atoms with Gasteiger partial charge in [-0.05, 0) is 31.5 Å². The van der Waals surface area contributed by atoms with Crippen molar-refractivity contribution in [2.75, 3.05) is 0 Å². The average molecular weight is 341 g/mol. The van der Waals surface area contributed by atoms with Crippen molar-refractivity contribution in [2.45, 2.75) is 34.1 Å². The van der Waals surface area contributed by atoms with Crippen molar-refractivity contribution in [2.24, 2.45) is 0 Å². The number of aromatic amines is 1. The summed E-state index contributed by atoms with van der Waals surface area (Å²) in [5.74, 6) is -0.714. The molecule has 0 atom stereocenters. The molecule has 0 saturated carbocycles. The molecular weight excluding hydrogens is 323 g/mol. The fourth-order valence-electron chi connectivity index (χ4n) is 2.33. The minimum Gasteiger partial charge on any atom is -0.406 e. The lowest BCUT2D eigenvalue weighted by Gasteiger charge is -2.10. The van der Waals surface area contributed by atoms with Crippen LogP contribution in [0.1, 0.15) is 47.3 Å². The summed E-state index contributed by atoms with van der Waals surface area (Å²) in [6, 6.07) is 5.14. The first-order valence-corrected chi connectivity index (χ1v) is 7.28. The van der Waals surface area contributed by atoms with Gasteiger partial charge >= 0.3 is 6.36 Å². The van der Waals surface area contributed by atoms with Crippen LogP contribution in [0.5, 0.6) is 5.75 Å². The van der Waals surface area contributed by atoms with Gasteiger partial charge < -0.3 is 9.72 Å². The van der Waals surface area contributed by atoms with Gasteiger partial charge in [0, 0.05) is 16.8 Å². The number of H-pyrrole nitrogens is 1. The highest BCUT2D eigenvalue weighted by Crippen LogP contribution is 2.33. The van der Waals surface area contributed by atoms with E-state index in [1.165, 1.54) is 19.1 Å². The highest BCUT2D eigenvalue weighted by atomic mass is 19.4. The number of carbonyl (C=O) groups is 2. The number of ether oxygens (including phenoxy) is 1. The first kappa shape index (κ1) is 19.5. The van der Waals surface area contributed by atoms with E-state index in [1.54, 1.807) is 6.92 Å². The van der Waals surface area contributed by atoms with E-state index in [9.17, 15) is 22.8 Å². The highest BCUT2D eigenvalue weighted by Gasteiger charge is 2.31. The van der Waals surface area contributed by atoms with E-state index in [2.05, 4.69) is 9.72 Å². The van der Waals surface area contributed by atoms with Crippen LogP contribution in [-0.2, 0) is 0 Å². The maximum atomic E-state index is 12.3. The molecule has 0 aliphatic rings. The standard InChI is InChI=1S/C15H12F3NO3.C2H6/c1-8-13(9(2)21)14(12(7-20)19-8)10-4-3-5-11(6-10)22-15(16,17)18;1-2/h3-7,19H,1-2H3;1-2H3. The maximum absolute atomic E-state index is 12.3.